The van der Waals surface area contributed by atoms with Gasteiger partial charge in [-0.15, -0.1) is 0 Å². The first kappa shape index (κ1) is 11.3. The van der Waals surface area contributed by atoms with Gasteiger partial charge in [0.2, 0.25) is 0 Å². The van der Waals surface area contributed by atoms with E-state index in [-0.39, 0.29) is 0 Å². The van der Waals surface area contributed by atoms with Crippen molar-refractivity contribution in [3.05, 3.63) is 34.1 Å². The third kappa shape index (κ3) is 1.84. The van der Waals surface area contributed by atoms with E-state index in [1.54, 1.807) is 0 Å². The SMILES string of the molecule is NCC(O)c1c(F)c(F)cc(Cl)c1F. The van der Waals surface area contributed by atoms with Crippen molar-refractivity contribution in [1.82, 2.24) is 0 Å². The average molecular weight is 226 g/mol. The van der Waals surface area contributed by atoms with Gasteiger partial charge in [-0.3, -0.25) is 0 Å². The molecule has 0 saturated carbocycles. The first-order valence-electron chi connectivity index (χ1n) is 3.70. The van der Waals surface area contributed by atoms with Crippen molar-refractivity contribution in [2.45, 2.75) is 6.10 Å². The highest BCUT2D eigenvalue weighted by atomic mass is 35.5. The molecule has 0 aliphatic heterocycles. The van der Waals surface area contributed by atoms with E-state index in [1.807, 2.05) is 0 Å². The van der Waals surface area contributed by atoms with Crippen molar-refractivity contribution >= 4 is 11.6 Å². The molecular formula is C8H7ClF3NO. The molecule has 1 rings (SSSR count). The number of hydrogen-bond donors (Lipinski definition) is 2. The molecule has 2 nitrogen and oxygen atoms in total. The molecule has 0 aromatic heterocycles. The van der Waals surface area contributed by atoms with Gasteiger partial charge in [0.15, 0.2) is 17.5 Å². The lowest BCUT2D eigenvalue weighted by atomic mass is 10.1. The summed E-state index contributed by atoms with van der Waals surface area (Å²) in [5, 5.41) is 8.52. The van der Waals surface area contributed by atoms with Crippen molar-refractivity contribution in [2.75, 3.05) is 6.54 Å². The average Bonchev–Trinajstić information content (AvgIpc) is 2.15. The van der Waals surface area contributed by atoms with Crippen LogP contribution < -0.4 is 5.73 Å². The predicted octanol–water partition coefficient (Wildman–Crippen LogP) is 1.75. The maximum absolute atomic E-state index is 13.1. The third-order valence-corrected chi connectivity index (χ3v) is 1.98. The molecule has 0 amide bonds. The number of aliphatic hydroxyl groups is 1. The summed E-state index contributed by atoms with van der Waals surface area (Å²) in [6.45, 7) is -0.423. The van der Waals surface area contributed by atoms with E-state index in [4.69, 9.17) is 22.4 Å². The van der Waals surface area contributed by atoms with Gasteiger partial charge in [0.1, 0.15) is 0 Å². The molecule has 6 heteroatoms. The molecule has 0 fully saturated rings. The van der Waals surface area contributed by atoms with Gasteiger partial charge in [0.05, 0.1) is 16.7 Å². The Morgan fingerprint density at radius 1 is 1.36 bits per heavy atom. The van der Waals surface area contributed by atoms with Crippen LogP contribution in [0, 0.1) is 17.5 Å². The lowest BCUT2D eigenvalue weighted by molar-refractivity contribution is 0.175. The first-order chi connectivity index (χ1) is 6.49. The molecule has 0 aliphatic rings. The van der Waals surface area contributed by atoms with Crippen LogP contribution in [-0.4, -0.2) is 11.7 Å². The molecule has 0 radical (unpaired) electrons. The van der Waals surface area contributed by atoms with Gasteiger partial charge in [-0.05, 0) is 6.07 Å². The summed E-state index contributed by atoms with van der Waals surface area (Å²) >= 11 is 5.26. The van der Waals surface area contributed by atoms with E-state index >= 15 is 0 Å². The number of nitrogens with two attached hydrogens (primary N) is 1. The van der Waals surface area contributed by atoms with Crippen molar-refractivity contribution in [2.24, 2.45) is 5.73 Å². The van der Waals surface area contributed by atoms with E-state index < -0.39 is 40.7 Å². The number of benzene rings is 1. The fraction of sp³-hybridized carbons (Fsp3) is 0.250. The summed E-state index contributed by atoms with van der Waals surface area (Å²) in [6.07, 6.45) is -1.61. The predicted molar refractivity (Wildman–Crippen MR) is 45.3 cm³/mol. The summed E-state index contributed by atoms with van der Waals surface area (Å²) in [6, 6.07) is 0.499. The maximum atomic E-state index is 13.1. The van der Waals surface area contributed by atoms with Crippen molar-refractivity contribution in [1.29, 1.82) is 0 Å². The second-order valence-corrected chi connectivity index (χ2v) is 3.04. The van der Waals surface area contributed by atoms with E-state index in [1.165, 1.54) is 0 Å². The Bertz CT molecular complexity index is 333. The number of aliphatic hydroxyl groups excluding tert-OH is 1. The molecule has 1 aromatic rings. The van der Waals surface area contributed by atoms with Crippen LogP contribution in [0.1, 0.15) is 11.7 Å². The molecule has 0 saturated heterocycles. The van der Waals surface area contributed by atoms with Gasteiger partial charge in [-0.1, -0.05) is 11.6 Å². The highest BCUT2D eigenvalue weighted by molar-refractivity contribution is 6.30. The topological polar surface area (TPSA) is 46.2 Å². The Balaban J connectivity index is 3.39. The first-order valence-corrected chi connectivity index (χ1v) is 4.07. The smallest absolute Gasteiger partial charge is 0.167 e. The Kier molecular flexibility index (Phi) is 3.36. The third-order valence-electron chi connectivity index (χ3n) is 1.70. The zero-order valence-corrected chi connectivity index (χ0v) is 7.65. The standard InChI is InChI=1S/C8H7ClF3NO/c9-3-1-4(10)8(12)6(7(3)11)5(14)2-13/h1,5,14H,2,13H2. The molecule has 0 spiro atoms. The molecule has 1 atom stereocenters. The normalized spacial score (nSPS) is 13.0. The number of halogens is 4. The van der Waals surface area contributed by atoms with Crippen LogP contribution in [0.5, 0.6) is 0 Å². The molecule has 0 heterocycles. The molecule has 1 unspecified atom stereocenters. The van der Waals surface area contributed by atoms with Gasteiger partial charge >= 0.3 is 0 Å². The highest BCUT2D eigenvalue weighted by Gasteiger charge is 2.22. The van der Waals surface area contributed by atoms with E-state index in [2.05, 4.69) is 0 Å². The fourth-order valence-corrected chi connectivity index (χ4v) is 1.20. The molecular weight excluding hydrogens is 219 g/mol. The quantitative estimate of drug-likeness (QED) is 0.754. The zero-order chi connectivity index (χ0) is 10.9. The fourth-order valence-electron chi connectivity index (χ4n) is 1.00. The summed E-state index contributed by atoms with van der Waals surface area (Å²) in [5.41, 5.74) is 4.16. The van der Waals surface area contributed by atoms with E-state index in [9.17, 15) is 13.2 Å². The Morgan fingerprint density at radius 3 is 2.43 bits per heavy atom. The van der Waals surface area contributed by atoms with Crippen LogP contribution in [0.2, 0.25) is 5.02 Å². The van der Waals surface area contributed by atoms with Gasteiger partial charge < -0.3 is 10.8 Å². The molecule has 0 aliphatic carbocycles. The minimum absolute atomic E-state index is 0.423. The van der Waals surface area contributed by atoms with Crippen molar-refractivity contribution in [3.8, 4) is 0 Å². The number of rotatable bonds is 2. The Morgan fingerprint density at radius 2 is 1.93 bits per heavy atom. The van der Waals surface area contributed by atoms with Gasteiger partial charge in [0.25, 0.3) is 0 Å². The Hall–Kier alpha value is -0.780. The van der Waals surface area contributed by atoms with E-state index in [0.717, 1.165) is 0 Å². The van der Waals surface area contributed by atoms with Gasteiger partial charge in [0, 0.05) is 6.54 Å². The van der Waals surface area contributed by atoms with Crippen molar-refractivity contribution < 1.29 is 18.3 Å². The largest absolute Gasteiger partial charge is 0.387 e. The second-order valence-electron chi connectivity index (χ2n) is 2.63. The van der Waals surface area contributed by atoms with Crippen LogP contribution in [-0.2, 0) is 0 Å². The summed E-state index contributed by atoms with van der Waals surface area (Å²) in [5.74, 6) is -3.98. The number of hydrogen-bond acceptors (Lipinski definition) is 2. The molecule has 3 N–H and O–H groups in total. The highest BCUT2D eigenvalue weighted by Crippen LogP contribution is 2.27. The van der Waals surface area contributed by atoms with E-state index in [0.29, 0.717) is 6.07 Å². The lowest BCUT2D eigenvalue weighted by Crippen LogP contribution is -2.16. The second kappa shape index (κ2) is 4.16. The minimum atomic E-state index is -1.61. The van der Waals surface area contributed by atoms with Gasteiger partial charge in [-0.2, -0.15) is 0 Å². The lowest BCUT2D eigenvalue weighted by Gasteiger charge is -2.11. The zero-order valence-electron chi connectivity index (χ0n) is 6.90. The maximum Gasteiger partial charge on any atom is 0.167 e. The molecule has 78 valence electrons. The van der Waals surface area contributed by atoms with Crippen LogP contribution >= 0.6 is 11.6 Å². The molecule has 1 aromatic carbocycles. The van der Waals surface area contributed by atoms with Crippen LogP contribution in [0.4, 0.5) is 13.2 Å². The summed E-state index contributed by atoms with van der Waals surface area (Å²) < 4.78 is 38.9. The van der Waals surface area contributed by atoms with Crippen molar-refractivity contribution in [3.63, 3.8) is 0 Å². The summed E-state index contributed by atoms with van der Waals surface area (Å²) in [7, 11) is 0. The van der Waals surface area contributed by atoms with Crippen LogP contribution in [0.3, 0.4) is 0 Å². The monoisotopic (exact) mass is 225 g/mol. The van der Waals surface area contributed by atoms with Crippen LogP contribution in [0.25, 0.3) is 0 Å². The molecule has 14 heavy (non-hydrogen) atoms. The molecule has 0 bridgehead atoms. The van der Waals surface area contributed by atoms with Gasteiger partial charge in [-0.25, -0.2) is 13.2 Å². The van der Waals surface area contributed by atoms with Crippen LogP contribution in [0.15, 0.2) is 6.07 Å². The minimum Gasteiger partial charge on any atom is -0.387 e. The Labute approximate surface area is 83.1 Å². The summed E-state index contributed by atoms with van der Waals surface area (Å²) in [4.78, 5) is 0.